The summed E-state index contributed by atoms with van der Waals surface area (Å²) in [4.78, 5) is 33.0. The van der Waals surface area contributed by atoms with E-state index >= 15 is 0 Å². The largest absolute Gasteiger partial charge is 0.360 e. The van der Waals surface area contributed by atoms with Crippen molar-refractivity contribution in [3.8, 4) is 0 Å². The molecule has 2 N–H and O–H groups in total. The van der Waals surface area contributed by atoms with E-state index in [2.05, 4.69) is 29.0 Å². The van der Waals surface area contributed by atoms with Gasteiger partial charge in [0.25, 0.3) is 5.91 Å². The molecule has 2 aliphatic rings. The summed E-state index contributed by atoms with van der Waals surface area (Å²) in [7, 11) is 0. The number of nitrogens with one attached hydrogen (secondary N) is 2. The molecule has 2 amide bonds. The van der Waals surface area contributed by atoms with Gasteiger partial charge in [0, 0.05) is 54.4 Å². The van der Waals surface area contributed by atoms with Crippen LogP contribution < -0.4 is 5.32 Å². The normalized spacial score (nSPS) is 21.8. The molecule has 1 aromatic heterocycles. The van der Waals surface area contributed by atoms with Crippen LogP contribution in [0.25, 0.3) is 10.9 Å². The Morgan fingerprint density at radius 1 is 1.21 bits per heavy atom. The average Bonchev–Trinajstić information content (AvgIpc) is 3.24. The van der Waals surface area contributed by atoms with Crippen LogP contribution in [0, 0.1) is 0 Å². The maximum atomic E-state index is 12.9. The molecule has 0 radical (unpaired) electrons. The SMILES string of the molecule is CC(C)N1CCC(N2CC[C@H](NC(=O)c3ccc4c(Cl)c[nH]c4c3)C2=O)CC1. The van der Waals surface area contributed by atoms with Gasteiger partial charge in [-0.25, -0.2) is 0 Å². The van der Waals surface area contributed by atoms with E-state index in [0.717, 1.165) is 43.4 Å². The highest BCUT2D eigenvalue weighted by Gasteiger charge is 2.38. The number of carbonyl (C=O) groups excluding carboxylic acids is 2. The first kappa shape index (κ1) is 19.3. The second-order valence-corrected chi connectivity index (χ2v) is 8.51. The molecule has 2 saturated heterocycles. The van der Waals surface area contributed by atoms with Crippen molar-refractivity contribution in [2.75, 3.05) is 19.6 Å². The van der Waals surface area contributed by atoms with Gasteiger partial charge in [0.05, 0.1) is 5.02 Å². The number of fused-ring (bicyclic) bond motifs is 1. The Morgan fingerprint density at radius 2 is 1.96 bits per heavy atom. The van der Waals surface area contributed by atoms with Crippen LogP contribution in [0.1, 0.15) is 43.5 Å². The molecule has 3 heterocycles. The Labute approximate surface area is 170 Å². The van der Waals surface area contributed by atoms with E-state index in [1.165, 1.54) is 0 Å². The van der Waals surface area contributed by atoms with Crippen LogP contribution in [0.5, 0.6) is 0 Å². The lowest BCUT2D eigenvalue weighted by molar-refractivity contribution is -0.132. The van der Waals surface area contributed by atoms with Crippen LogP contribution in [-0.2, 0) is 4.79 Å². The quantitative estimate of drug-likeness (QED) is 0.825. The number of H-pyrrole nitrogens is 1. The van der Waals surface area contributed by atoms with E-state index in [0.29, 0.717) is 29.1 Å². The van der Waals surface area contributed by atoms with E-state index in [1.54, 1.807) is 18.3 Å². The highest BCUT2D eigenvalue weighted by atomic mass is 35.5. The molecular weight excluding hydrogens is 376 g/mol. The first-order valence-electron chi connectivity index (χ1n) is 10.1. The van der Waals surface area contributed by atoms with Gasteiger partial charge in [0.15, 0.2) is 0 Å². The minimum absolute atomic E-state index is 0.0559. The van der Waals surface area contributed by atoms with Gasteiger partial charge >= 0.3 is 0 Å². The van der Waals surface area contributed by atoms with E-state index in [-0.39, 0.29) is 11.8 Å². The molecule has 0 unspecified atom stereocenters. The van der Waals surface area contributed by atoms with Crippen molar-refractivity contribution >= 4 is 34.3 Å². The molecule has 0 bridgehead atoms. The van der Waals surface area contributed by atoms with Crippen molar-refractivity contribution in [2.24, 2.45) is 0 Å². The van der Waals surface area contributed by atoms with Crippen molar-refractivity contribution in [1.29, 1.82) is 0 Å². The molecule has 6 nitrogen and oxygen atoms in total. The molecule has 2 aliphatic heterocycles. The number of halogens is 1. The van der Waals surface area contributed by atoms with Gasteiger partial charge in [-0.1, -0.05) is 17.7 Å². The van der Waals surface area contributed by atoms with Crippen molar-refractivity contribution < 1.29 is 9.59 Å². The average molecular weight is 403 g/mol. The monoisotopic (exact) mass is 402 g/mol. The molecule has 150 valence electrons. The summed E-state index contributed by atoms with van der Waals surface area (Å²) in [5.41, 5.74) is 1.34. The van der Waals surface area contributed by atoms with Gasteiger partial charge in [-0.2, -0.15) is 0 Å². The summed E-state index contributed by atoms with van der Waals surface area (Å²) >= 11 is 6.09. The summed E-state index contributed by atoms with van der Waals surface area (Å²) < 4.78 is 0. The third-order valence-electron chi connectivity index (χ3n) is 6.11. The number of rotatable bonds is 4. The molecule has 4 rings (SSSR count). The van der Waals surface area contributed by atoms with E-state index in [4.69, 9.17) is 11.6 Å². The van der Waals surface area contributed by atoms with Crippen molar-refractivity contribution in [2.45, 2.75) is 51.2 Å². The second-order valence-electron chi connectivity index (χ2n) is 8.10. The first-order valence-corrected chi connectivity index (χ1v) is 10.4. The number of benzene rings is 1. The molecule has 0 spiro atoms. The topological polar surface area (TPSA) is 68.4 Å². The minimum atomic E-state index is -0.432. The maximum absolute atomic E-state index is 12.9. The zero-order chi connectivity index (χ0) is 19.8. The number of hydrogen-bond acceptors (Lipinski definition) is 3. The Balaban J connectivity index is 1.37. The molecule has 0 aliphatic carbocycles. The number of likely N-dealkylation sites (tertiary alicyclic amines) is 2. The lowest BCUT2D eigenvalue weighted by Gasteiger charge is -2.38. The maximum Gasteiger partial charge on any atom is 0.252 e. The van der Waals surface area contributed by atoms with Crippen LogP contribution in [0.15, 0.2) is 24.4 Å². The zero-order valence-corrected chi connectivity index (χ0v) is 17.1. The summed E-state index contributed by atoms with van der Waals surface area (Å²) in [5, 5.41) is 4.44. The van der Waals surface area contributed by atoms with E-state index in [9.17, 15) is 9.59 Å². The van der Waals surface area contributed by atoms with Gasteiger partial charge in [0.2, 0.25) is 5.91 Å². The Bertz CT molecular complexity index is 886. The van der Waals surface area contributed by atoms with Crippen LogP contribution >= 0.6 is 11.6 Å². The minimum Gasteiger partial charge on any atom is -0.360 e. The van der Waals surface area contributed by atoms with Crippen LogP contribution in [0.3, 0.4) is 0 Å². The molecule has 1 aromatic carbocycles. The third-order valence-corrected chi connectivity index (χ3v) is 6.42. The van der Waals surface area contributed by atoms with Gasteiger partial charge in [0.1, 0.15) is 6.04 Å². The molecule has 2 fully saturated rings. The number of hydrogen-bond donors (Lipinski definition) is 2. The predicted molar refractivity (Wildman–Crippen MR) is 111 cm³/mol. The van der Waals surface area contributed by atoms with Crippen LogP contribution in [-0.4, -0.2) is 64.4 Å². The first-order chi connectivity index (χ1) is 13.4. The summed E-state index contributed by atoms with van der Waals surface area (Å²) in [6, 6.07) is 5.76. The second kappa shape index (κ2) is 7.76. The summed E-state index contributed by atoms with van der Waals surface area (Å²) in [6.07, 6.45) is 4.39. The number of piperidine rings is 1. The summed E-state index contributed by atoms with van der Waals surface area (Å²) in [5.74, 6) is -0.164. The molecular formula is C21H27ClN4O2. The van der Waals surface area contributed by atoms with Crippen LogP contribution in [0.4, 0.5) is 0 Å². The fourth-order valence-corrected chi connectivity index (χ4v) is 4.61. The Morgan fingerprint density at radius 3 is 2.68 bits per heavy atom. The lowest BCUT2D eigenvalue weighted by atomic mass is 10.0. The van der Waals surface area contributed by atoms with Gasteiger partial charge in [-0.15, -0.1) is 0 Å². The third kappa shape index (κ3) is 3.63. The lowest BCUT2D eigenvalue weighted by Crippen LogP contribution is -2.49. The smallest absolute Gasteiger partial charge is 0.252 e. The van der Waals surface area contributed by atoms with Gasteiger partial charge < -0.3 is 20.1 Å². The number of aromatic amines is 1. The molecule has 0 saturated carbocycles. The Hall–Kier alpha value is -2.05. The van der Waals surface area contributed by atoms with E-state index in [1.807, 2.05) is 11.0 Å². The molecule has 28 heavy (non-hydrogen) atoms. The van der Waals surface area contributed by atoms with E-state index < -0.39 is 6.04 Å². The van der Waals surface area contributed by atoms with Crippen molar-refractivity contribution in [1.82, 2.24) is 20.1 Å². The fraction of sp³-hybridized carbons (Fsp3) is 0.524. The number of aromatic nitrogens is 1. The zero-order valence-electron chi connectivity index (χ0n) is 16.4. The Kier molecular flexibility index (Phi) is 5.34. The number of amides is 2. The molecule has 1 atom stereocenters. The highest BCUT2D eigenvalue weighted by molar-refractivity contribution is 6.35. The standard InChI is InChI=1S/C21H27ClN4O2/c1-13(2)25-8-5-15(6-9-25)26-10-7-18(21(26)28)24-20(27)14-3-4-16-17(22)12-23-19(16)11-14/h3-4,11-13,15,18,23H,5-10H2,1-2H3,(H,24,27)/t18-/m0/s1. The molecule has 2 aromatic rings. The fourth-order valence-electron chi connectivity index (χ4n) is 4.39. The van der Waals surface area contributed by atoms with Crippen molar-refractivity contribution in [3.05, 3.63) is 35.0 Å². The van der Waals surface area contributed by atoms with Gasteiger partial charge in [-0.05, 0) is 45.2 Å². The predicted octanol–water partition coefficient (Wildman–Crippen LogP) is 3.02. The number of nitrogens with zero attached hydrogens (tertiary/aromatic N) is 2. The highest BCUT2D eigenvalue weighted by Crippen LogP contribution is 2.25. The molecule has 7 heteroatoms. The van der Waals surface area contributed by atoms with Crippen LogP contribution in [0.2, 0.25) is 5.02 Å². The van der Waals surface area contributed by atoms with Crippen molar-refractivity contribution in [3.63, 3.8) is 0 Å². The van der Waals surface area contributed by atoms with Gasteiger partial charge in [-0.3, -0.25) is 9.59 Å². The summed E-state index contributed by atoms with van der Waals surface area (Å²) in [6.45, 7) is 7.21. The number of carbonyl (C=O) groups is 2.